The first-order valence-electron chi connectivity index (χ1n) is 9.70. The normalized spacial score (nSPS) is 12.5. The van der Waals surface area contributed by atoms with E-state index in [1.54, 1.807) is 36.4 Å². The van der Waals surface area contributed by atoms with E-state index in [1.165, 1.54) is 24.3 Å². The van der Waals surface area contributed by atoms with E-state index in [0.29, 0.717) is 20.6 Å². The number of halogens is 3. The Morgan fingerprint density at radius 3 is 2.09 bits per heavy atom. The van der Waals surface area contributed by atoms with Crippen molar-refractivity contribution in [3.8, 4) is 0 Å². The van der Waals surface area contributed by atoms with Crippen LogP contribution in [-0.2, 0) is 21.4 Å². The minimum atomic E-state index is -3.98. The lowest BCUT2D eigenvalue weighted by atomic mass is 10.1. The zero-order valence-electron chi connectivity index (χ0n) is 17.1. The minimum Gasteiger partial charge on any atom is -0.348 e. The van der Waals surface area contributed by atoms with E-state index in [0.717, 1.165) is 9.87 Å². The molecule has 0 bridgehead atoms. The highest BCUT2D eigenvalue weighted by Crippen LogP contribution is 2.22. The van der Waals surface area contributed by atoms with Gasteiger partial charge >= 0.3 is 0 Å². The first-order valence-corrected chi connectivity index (χ1v) is 12.3. The van der Waals surface area contributed by atoms with Gasteiger partial charge in [0.15, 0.2) is 0 Å². The molecule has 1 amide bonds. The van der Waals surface area contributed by atoms with Gasteiger partial charge in [-0.2, -0.15) is 4.31 Å². The molecule has 1 N–H and O–H groups in total. The Hall–Kier alpha value is -2.09. The van der Waals surface area contributed by atoms with E-state index in [1.807, 2.05) is 19.1 Å². The van der Waals surface area contributed by atoms with Crippen LogP contribution in [-0.4, -0.2) is 25.2 Å². The van der Waals surface area contributed by atoms with Crippen molar-refractivity contribution < 1.29 is 13.2 Å². The van der Waals surface area contributed by atoms with E-state index < -0.39 is 15.9 Å². The van der Waals surface area contributed by atoms with Crippen LogP contribution in [0.3, 0.4) is 0 Å². The van der Waals surface area contributed by atoms with E-state index in [4.69, 9.17) is 34.8 Å². The molecule has 1 unspecified atom stereocenters. The van der Waals surface area contributed by atoms with Gasteiger partial charge in [-0.1, -0.05) is 59.1 Å². The summed E-state index contributed by atoms with van der Waals surface area (Å²) in [6, 6.07) is 19.4. The predicted octanol–water partition coefficient (Wildman–Crippen LogP) is 5.72. The number of benzene rings is 3. The fraction of sp³-hybridized carbons (Fsp3) is 0.174. The van der Waals surface area contributed by atoms with Crippen LogP contribution in [0.2, 0.25) is 15.1 Å². The minimum absolute atomic E-state index is 0.0196. The highest BCUT2D eigenvalue weighted by molar-refractivity contribution is 7.89. The molecule has 3 rings (SSSR count). The second-order valence-electron chi connectivity index (χ2n) is 7.20. The van der Waals surface area contributed by atoms with Crippen molar-refractivity contribution in [2.75, 3.05) is 6.54 Å². The summed E-state index contributed by atoms with van der Waals surface area (Å²) in [4.78, 5) is 12.8. The topological polar surface area (TPSA) is 66.5 Å². The Balaban J connectivity index is 1.83. The molecule has 0 aliphatic rings. The lowest BCUT2D eigenvalue weighted by Crippen LogP contribution is -2.41. The summed E-state index contributed by atoms with van der Waals surface area (Å²) in [5, 5.41) is 4.33. The number of amides is 1. The van der Waals surface area contributed by atoms with Crippen LogP contribution in [0.5, 0.6) is 0 Å². The summed E-state index contributed by atoms with van der Waals surface area (Å²) in [6.45, 7) is 1.43. The number of rotatable bonds is 8. The van der Waals surface area contributed by atoms with E-state index in [9.17, 15) is 13.2 Å². The highest BCUT2D eigenvalue weighted by atomic mass is 35.5. The summed E-state index contributed by atoms with van der Waals surface area (Å²) in [6.07, 6.45) is 0. The summed E-state index contributed by atoms with van der Waals surface area (Å²) >= 11 is 17.9. The molecule has 1 atom stereocenters. The molecule has 0 aromatic heterocycles. The first kappa shape index (κ1) is 24.6. The fourth-order valence-corrected chi connectivity index (χ4v) is 4.95. The van der Waals surface area contributed by atoms with E-state index in [2.05, 4.69) is 5.32 Å². The monoisotopic (exact) mass is 510 g/mol. The van der Waals surface area contributed by atoms with Gasteiger partial charge in [0.2, 0.25) is 15.9 Å². The molecule has 0 aliphatic carbocycles. The largest absolute Gasteiger partial charge is 0.348 e. The quantitative estimate of drug-likeness (QED) is 0.421. The van der Waals surface area contributed by atoms with Gasteiger partial charge in [0, 0.05) is 21.6 Å². The number of hydrogen-bond acceptors (Lipinski definition) is 3. The predicted molar refractivity (Wildman–Crippen MR) is 129 cm³/mol. The highest BCUT2D eigenvalue weighted by Gasteiger charge is 2.27. The van der Waals surface area contributed by atoms with E-state index in [-0.39, 0.29) is 24.0 Å². The third kappa shape index (κ3) is 6.47. The van der Waals surface area contributed by atoms with Crippen molar-refractivity contribution in [3.63, 3.8) is 0 Å². The van der Waals surface area contributed by atoms with Crippen LogP contribution in [0.25, 0.3) is 0 Å². The maximum absolute atomic E-state index is 13.3. The molecule has 0 saturated carbocycles. The SMILES string of the molecule is CC(NC(=O)CN(Cc1cccc(Cl)c1)S(=O)(=O)c1ccc(Cl)cc1)c1ccc(Cl)cc1. The maximum atomic E-state index is 13.3. The zero-order valence-corrected chi connectivity index (χ0v) is 20.2. The van der Waals surface area contributed by atoms with Crippen molar-refractivity contribution >= 4 is 50.7 Å². The van der Waals surface area contributed by atoms with Crippen molar-refractivity contribution in [1.29, 1.82) is 0 Å². The van der Waals surface area contributed by atoms with Crippen LogP contribution in [0.4, 0.5) is 0 Å². The Labute approximate surface area is 203 Å². The zero-order chi connectivity index (χ0) is 23.3. The average molecular weight is 512 g/mol. The van der Waals surface area contributed by atoms with Gasteiger partial charge in [-0.15, -0.1) is 0 Å². The standard InChI is InChI=1S/C23H21Cl3N2O3S/c1-16(18-5-7-19(24)8-6-18)27-23(29)15-28(14-17-3-2-4-21(26)13-17)32(30,31)22-11-9-20(25)10-12-22/h2-13,16H,14-15H2,1H3,(H,27,29). The van der Waals surface area contributed by atoms with Crippen LogP contribution in [0.15, 0.2) is 77.7 Å². The number of hydrogen-bond donors (Lipinski definition) is 1. The van der Waals surface area contributed by atoms with Crippen molar-refractivity contribution in [3.05, 3.63) is 99.0 Å². The molecule has 0 radical (unpaired) electrons. The summed E-state index contributed by atoms with van der Waals surface area (Å²) in [5.74, 6) is -0.438. The molecular weight excluding hydrogens is 491 g/mol. The average Bonchev–Trinajstić information content (AvgIpc) is 2.74. The van der Waals surface area contributed by atoms with Crippen LogP contribution >= 0.6 is 34.8 Å². The van der Waals surface area contributed by atoms with Gasteiger partial charge in [-0.05, 0) is 66.6 Å². The Kier molecular flexibility index (Phi) is 8.20. The van der Waals surface area contributed by atoms with E-state index >= 15 is 0 Å². The second-order valence-corrected chi connectivity index (χ2v) is 10.4. The number of sulfonamides is 1. The number of nitrogens with zero attached hydrogens (tertiary/aromatic N) is 1. The van der Waals surface area contributed by atoms with Crippen LogP contribution < -0.4 is 5.32 Å². The molecule has 0 aliphatic heterocycles. The molecule has 3 aromatic carbocycles. The molecule has 32 heavy (non-hydrogen) atoms. The smallest absolute Gasteiger partial charge is 0.243 e. The fourth-order valence-electron chi connectivity index (χ4n) is 3.10. The third-order valence-electron chi connectivity index (χ3n) is 4.77. The summed E-state index contributed by atoms with van der Waals surface area (Å²) < 4.78 is 27.8. The molecule has 0 fully saturated rings. The first-order chi connectivity index (χ1) is 15.1. The lowest BCUT2D eigenvalue weighted by Gasteiger charge is -2.23. The van der Waals surface area contributed by atoms with Gasteiger partial charge in [0.1, 0.15) is 0 Å². The van der Waals surface area contributed by atoms with Crippen molar-refractivity contribution in [2.24, 2.45) is 0 Å². The Bertz CT molecular complexity index is 1180. The molecular formula is C23H21Cl3N2O3S. The molecule has 9 heteroatoms. The molecule has 0 saturated heterocycles. The number of nitrogens with one attached hydrogen (secondary N) is 1. The Morgan fingerprint density at radius 2 is 1.50 bits per heavy atom. The van der Waals surface area contributed by atoms with Gasteiger partial charge in [-0.3, -0.25) is 4.79 Å². The lowest BCUT2D eigenvalue weighted by molar-refractivity contribution is -0.122. The molecule has 5 nitrogen and oxygen atoms in total. The van der Waals surface area contributed by atoms with Gasteiger partial charge in [-0.25, -0.2) is 8.42 Å². The summed E-state index contributed by atoms with van der Waals surface area (Å²) in [5.41, 5.74) is 1.51. The summed E-state index contributed by atoms with van der Waals surface area (Å²) in [7, 11) is -3.98. The Morgan fingerprint density at radius 1 is 0.906 bits per heavy atom. The number of carbonyl (C=O) groups excluding carboxylic acids is 1. The van der Waals surface area contributed by atoms with Gasteiger partial charge < -0.3 is 5.32 Å². The number of carbonyl (C=O) groups is 1. The molecule has 0 heterocycles. The van der Waals surface area contributed by atoms with Crippen LogP contribution in [0, 0.1) is 0 Å². The van der Waals surface area contributed by atoms with Crippen LogP contribution in [0.1, 0.15) is 24.1 Å². The molecule has 3 aromatic rings. The van der Waals surface area contributed by atoms with Gasteiger partial charge in [0.25, 0.3) is 0 Å². The van der Waals surface area contributed by atoms with Crippen molar-refractivity contribution in [2.45, 2.75) is 24.4 Å². The maximum Gasteiger partial charge on any atom is 0.243 e. The molecule has 0 spiro atoms. The second kappa shape index (κ2) is 10.7. The van der Waals surface area contributed by atoms with Crippen molar-refractivity contribution in [1.82, 2.24) is 9.62 Å². The molecule has 168 valence electrons. The van der Waals surface area contributed by atoms with Gasteiger partial charge in [0.05, 0.1) is 17.5 Å². The third-order valence-corrected chi connectivity index (χ3v) is 7.31.